The van der Waals surface area contributed by atoms with Crippen LogP contribution in [0.2, 0.25) is 0 Å². The standard InChI is InChI=1S/C18H25N5O/c1-5-23-11-16(13(3)21-23)18(24)22-7-6-14(10-22)17-9-15(19-4)8-12(2)20-17/h8-9,11,14H,5-7,10H2,1-4H3,(H,19,20). The fraction of sp³-hybridized carbons (Fsp3) is 0.500. The van der Waals surface area contributed by atoms with Crippen LogP contribution in [0.1, 0.15) is 46.7 Å². The van der Waals surface area contributed by atoms with Gasteiger partial charge in [-0.05, 0) is 39.3 Å². The molecule has 0 bridgehead atoms. The Morgan fingerprint density at radius 2 is 2.17 bits per heavy atom. The van der Waals surface area contributed by atoms with Crippen molar-refractivity contribution in [3.05, 3.63) is 41.0 Å². The van der Waals surface area contributed by atoms with Gasteiger partial charge in [0.1, 0.15) is 0 Å². The third-order valence-corrected chi connectivity index (χ3v) is 4.66. The summed E-state index contributed by atoms with van der Waals surface area (Å²) in [5.41, 5.74) is 4.65. The molecular weight excluding hydrogens is 302 g/mol. The van der Waals surface area contributed by atoms with E-state index in [0.717, 1.165) is 48.8 Å². The minimum atomic E-state index is 0.0798. The molecule has 1 unspecified atom stereocenters. The SMILES string of the molecule is CCn1cc(C(=O)N2CCC(c3cc(NC)cc(C)n3)C2)c(C)n1. The van der Waals surface area contributed by atoms with Crippen molar-refractivity contribution in [2.45, 2.75) is 39.7 Å². The number of hydrogen-bond donors (Lipinski definition) is 1. The van der Waals surface area contributed by atoms with Crippen LogP contribution in [-0.4, -0.2) is 45.7 Å². The molecule has 0 saturated carbocycles. The molecule has 24 heavy (non-hydrogen) atoms. The van der Waals surface area contributed by atoms with Crippen LogP contribution in [0.4, 0.5) is 5.69 Å². The Labute approximate surface area is 142 Å². The summed E-state index contributed by atoms with van der Waals surface area (Å²) in [5, 5.41) is 7.56. The van der Waals surface area contributed by atoms with Gasteiger partial charge in [-0.1, -0.05) is 0 Å². The van der Waals surface area contributed by atoms with E-state index in [-0.39, 0.29) is 5.91 Å². The summed E-state index contributed by atoms with van der Waals surface area (Å²) in [6, 6.07) is 4.12. The second-order valence-electron chi connectivity index (χ2n) is 6.39. The van der Waals surface area contributed by atoms with Crippen LogP contribution >= 0.6 is 0 Å². The molecule has 0 spiro atoms. The lowest BCUT2D eigenvalue weighted by atomic mass is 10.0. The summed E-state index contributed by atoms with van der Waals surface area (Å²) in [5.74, 6) is 0.374. The number of anilines is 1. The number of nitrogens with one attached hydrogen (secondary N) is 1. The van der Waals surface area contributed by atoms with Crippen LogP contribution in [0.25, 0.3) is 0 Å². The Bertz CT molecular complexity index is 752. The van der Waals surface area contributed by atoms with Gasteiger partial charge < -0.3 is 10.2 Å². The van der Waals surface area contributed by atoms with E-state index >= 15 is 0 Å². The average molecular weight is 327 g/mol. The summed E-state index contributed by atoms with van der Waals surface area (Å²) in [7, 11) is 1.91. The second-order valence-corrected chi connectivity index (χ2v) is 6.39. The summed E-state index contributed by atoms with van der Waals surface area (Å²) in [4.78, 5) is 19.4. The fourth-order valence-corrected chi connectivity index (χ4v) is 3.29. The lowest BCUT2D eigenvalue weighted by Crippen LogP contribution is -2.28. The third kappa shape index (κ3) is 3.13. The van der Waals surface area contributed by atoms with Crippen LogP contribution in [0.3, 0.4) is 0 Å². The monoisotopic (exact) mass is 327 g/mol. The molecule has 1 atom stereocenters. The maximum atomic E-state index is 12.8. The number of aryl methyl sites for hydroxylation is 3. The van der Waals surface area contributed by atoms with Crippen molar-refractivity contribution in [1.82, 2.24) is 19.7 Å². The van der Waals surface area contributed by atoms with Gasteiger partial charge in [-0.25, -0.2) is 0 Å². The van der Waals surface area contributed by atoms with Gasteiger partial charge in [-0.3, -0.25) is 14.5 Å². The van der Waals surface area contributed by atoms with Gasteiger partial charge in [0, 0.05) is 55.9 Å². The number of hydrogen-bond acceptors (Lipinski definition) is 4. The third-order valence-electron chi connectivity index (χ3n) is 4.66. The number of likely N-dealkylation sites (tertiary alicyclic amines) is 1. The zero-order valence-corrected chi connectivity index (χ0v) is 14.8. The molecule has 3 rings (SSSR count). The van der Waals surface area contributed by atoms with Crippen molar-refractivity contribution in [3.63, 3.8) is 0 Å². The van der Waals surface area contributed by atoms with Crippen LogP contribution in [0, 0.1) is 13.8 Å². The van der Waals surface area contributed by atoms with Gasteiger partial charge in [-0.2, -0.15) is 5.10 Å². The highest BCUT2D eigenvalue weighted by molar-refractivity contribution is 5.95. The van der Waals surface area contributed by atoms with E-state index in [1.807, 2.05) is 49.7 Å². The van der Waals surface area contributed by atoms with Crippen molar-refractivity contribution < 1.29 is 4.79 Å². The number of aromatic nitrogens is 3. The first kappa shape index (κ1) is 16.5. The van der Waals surface area contributed by atoms with Crippen molar-refractivity contribution in [2.24, 2.45) is 0 Å². The minimum absolute atomic E-state index is 0.0798. The summed E-state index contributed by atoms with van der Waals surface area (Å²) >= 11 is 0. The largest absolute Gasteiger partial charge is 0.388 e. The average Bonchev–Trinajstić information content (AvgIpc) is 3.20. The summed E-state index contributed by atoms with van der Waals surface area (Å²) in [6.07, 6.45) is 2.81. The predicted octanol–water partition coefficient (Wildman–Crippen LogP) is 2.59. The molecule has 2 aromatic heterocycles. The number of rotatable bonds is 4. The van der Waals surface area contributed by atoms with E-state index in [1.54, 1.807) is 0 Å². The zero-order chi connectivity index (χ0) is 17.3. The Morgan fingerprint density at radius 1 is 1.38 bits per heavy atom. The molecule has 128 valence electrons. The van der Waals surface area contributed by atoms with Crippen molar-refractivity contribution >= 4 is 11.6 Å². The lowest BCUT2D eigenvalue weighted by molar-refractivity contribution is 0.0790. The number of amides is 1. The molecule has 3 heterocycles. The van der Waals surface area contributed by atoms with Gasteiger partial charge in [-0.15, -0.1) is 0 Å². The van der Waals surface area contributed by atoms with Crippen molar-refractivity contribution in [2.75, 3.05) is 25.5 Å². The highest BCUT2D eigenvalue weighted by Gasteiger charge is 2.30. The number of carbonyl (C=O) groups is 1. The quantitative estimate of drug-likeness (QED) is 0.937. The van der Waals surface area contributed by atoms with Crippen molar-refractivity contribution in [1.29, 1.82) is 0 Å². The highest BCUT2D eigenvalue weighted by Crippen LogP contribution is 2.29. The summed E-state index contributed by atoms with van der Waals surface area (Å²) < 4.78 is 1.82. The van der Waals surface area contributed by atoms with Crippen LogP contribution in [-0.2, 0) is 6.54 Å². The number of pyridine rings is 1. The smallest absolute Gasteiger partial charge is 0.257 e. The molecule has 1 saturated heterocycles. The molecule has 1 amide bonds. The summed E-state index contributed by atoms with van der Waals surface area (Å²) in [6.45, 7) is 8.19. The van der Waals surface area contributed by atoms with E-state index in [9.17, 15) is 4.79 Å². The molecule has 0 aliphatic carbocycles. The molecule has 0 radical (unpaired) electrons. The molecule has 1 aliphatic heterocycles. The Morgan fingerprint density at radius 3 is 2.83 bits per heavy atom. The fourth-order valence-electron chi connectivity index (χ4n) is 3.29. The maximum Gasteiger partial charge on any atom is 0.257 e. The zero-order valence-electron chi connectivity index (χ0n) is 14.8. The van der Waals surface area contributed by atoms with E-state index in [4.69, 9.17) is 0 Å². The van der Waals surface area contributed by atoms with E-state index < -0.39 is 0 Å². The molecule has 6 heteroatoms. The Balaban J connectivity index is 1.76. The van der Waals surface area contributed by atoms with Gasteiger partial charge in [0.2, 0.25) is 0 Å². The number of nitrogens with zero attached hydrogens (tertiary/aromatic N) is 4. The lowest BCUT2D eigenvalue weighted by Gasteiger charge is -2.16. The predicted molar refractivity (Wildman–Crippen MR) is 94.4 cm³/mol. The first-order valence-corrected chi connectivity index (χ1v) is 8.51. The van der Waals surface area contributed by atoms with Crippen LogP contribution in [0.15, 0.2) is 18.3 Å². The normalized spacial score (nSPS) is 17.3. The maximum absolute atomic E-state index is 12.8. The second kappa shape index (κ2) is 6.63. The molecule has 1 fully saturated rings. The minimum Gasteiger partial charge on any atom is -0.388 e. The van der Waals surface area contributed by atoms with Gasteiger partial charge >= 0.3 is 0 Å². The topological polar surface area (TPSA) is 63.1 Å². The molecule has 1 N–H and O–H groups in total. The van der Waals surface area contributed by atoms with E-state index in [1.165, 1.54) is 0 Å². The Kier molecular flexibility index (Phi) is 4.55. The van der Waals surface area contributed by atoms with E-state index in [2.05, 4.69) is 21.5 Å². The van der Waals surface area contributed by atoms with Gasteiger partial charge in [0.05, 0.1) is 11.3 Å². The van der Waals surface area contributed by atoms with Crippen LogP contribution in [0.5, 0.6) is 0 Å². The highest BCUT2D eigenvalue weighted by atomic mass is 16.2. The Hall–Kier alpha value is -2.37. The van der Waals surface area contributed by atoms with Gasteiger partial charge in [0.25, 0.3) is 5.91 Å². The molecule has 6 nitrogen and oxygen atoms in total. The molecule has 0 aromatic carbocycles. The van der Waals surface area contributed by atoms with Crippen molar-refractivity contribution in [3.8, 4) is 0 Å². The first-order chi connectivity index (χ1) is 11.5. The molecular formula is C18H25N5O. The van der Waals surface area contributed by atoms with E-state index in [0.29, 0.717) is 11.5 Å². The van der Waals surface area contributed by atoms with Crippen LogP contribution < -0.4 is 5.32 Å². The number of carbonyl (C=O) groups excluding carboxylic acids is 1. The first-order valence-electron chi connectivity index (χ1n) is 8.51. The van der Waals surface area contributed by atoms with Gasteiger partial charge in [0.15, 0.2) is 0 Å². The molecule has 2 aromatic rings. The molecule has 1 aliphatic rings.